The second-order valence-electron chi connectivity index (χ2n) is 5.25. The summed E-state index contributed by atoms with van der Waals surface area (Å²) in [7, 11) is 3.36. The number of amides is 1. The van der Waals surface area contributed by atoms with Gasteiger partial charge in [0.15, 0.2) is 0 Å². The van der Waals surface area contributed by atoms with E-state index in [1.54, 1.807) is 37.3 Å². The molecule has 1 atom stereocenters. The molecule has 3 nitrogen and oxygen atoms in total. The van der Waals surface area contributed by atoms with Gasteiger partial charge >= 0.3 is 0 Å². The van der Waals surface area contributed by atoms with E-state index in [0.29, 0.717) is 0 Å². The van der Waals surface area contributed by atoms with Gasteiger partial charge in [-0.2, -0.15) is 0 Å². The molecule has 2 rings (SSSR count). The van der Waals surface area contributed by atoms with E-state index >= 15 is 0 Å². The number of hydrogen-bond donors (Lipinski definition) is 0. The van der Waals surface area contributed by atoms with Crippen molar-refractivity contribution in [3.8, 4) is 5.75 Å². The Hall–Kier alpha value is -2.62. The van der Waals surface area contributed by atoms with E-state index in [1.165, 1.54) is 18.2 Å². The molecule has 2 aromatic carbocycles. The van der Waals surface area contributed by atoms with Crippen molar-refractivity contribution in [1.29, 1.82) is 0 Å². The first kappa shape index (κ1) is 16.7. The molecule has 0 fully saturated rings. The molecule has 1 amide bonds. The largest absolute Gasteiger partial charge is 0.496 e. The molecule has 0 saturated carbocycles. The van der Waals surface area contributed by atoms with Crippen LogP contribution < -0.4 is 4.74 Å². The van der Waals surface area contributed by atoms with Crippen LogP contribution in [0.25, 0.3) is 6.08 Å². The topological polar surface area (TPSA) is 29.5 Å². The molecule has 0 unspecified atom stereocenters. The number of carbonyl (C=O) groups excluding carboxylic acids is 1. The van der Waals surface area contributed by atoms with Gasteiger partial charge in [0.2, 0.25) is 5.91 Å². The second-order valence-corrected chi connectivity index (χ2v) is 5.25. The molecule has 0 aromatic heterocycles. The number of benzene rings is 2. The Balaban J connectivity index is 2.11. The molecule has 0 saturated heterocycles. The highest BCUT2D eigenvalue weighted by atomic mass is 19.1. The van der Waals surface area contributed by atoms with Crippen LogP contribution in [0.3, 0.4) is 0 Å². The summed E-state index contributed by atoms with van der Waals surface area (Å²) in [6, 6.07) is 13.5. The standard InChI is InChI=1S/C19H20FNO2/c1-14(17-6-4-5-7-18(17)23-3)21(2)19(22)13-10-15-8-11-16(20)12-9-15/h4-14H,1-3H3/b13-10+/t14-/m0/s1. The normalized spacial score (nSPS) is 12.2. The van der Waals surface area contributed by atoms with E-state index in [4.69, 9.17) is 4.74 Å². The van der Waals surface area contributed by atoms with Crippen LogP contribution in [0.2, 0.25) is 0 Å². The summed E-state index contributed by atoms with van der Waals surface area (Å²) in [5.41, 5.74) is 1.72. The fraction of sp³-hybridized carbons (Fsp3) is 0.211. The third kappa shape index (κ3) is 4.19. The minimum atomic E-state index is -0.296. The Morgan fingerprint density at radius 1 is 1.17 bits per heavy atom. The first-order valence-electron chi connectivity index (χ1n) is 7.36. The van der Waals surface area contributed by atoms with Crippen LogP contribution in [0.4, 0.5) is 4.39 Å². The summed E-state index contributed by atoms with van der Waals surface area (Å²) < 4.78 is 18.2. The number of halogens is 1. The highest BCUT2D eigenvalue weighted by molar-refractivity contribution is 5.91. The van der Waals surface area contributed by atoms with Gasteiger partial charge in [-0.05, 0) is 36.8 Å². The lowest BCUT2D eigenvalue weighted by molar-refractivity contribution is -0.126. The van der Waals surface area contributed by atoms with E-state index < -0.39 is 0 Å². The van der Waals surface area contributed by atoms with Gasteiger partial charge in [-0.1, -0.05) is 30.3 Å². The fourth-order valence-corrected chi connectivity index (χ4v) is 2.27. The summed E-state index contributed by atoms with van der Waals surface area (Å²) in [5, 5.41) is 0. The number of rotatable bonds is 5. The predicted octanol–water partition coefficient (Wildman–Crippen LogP) is 4.07. The van der Waals surface area contributed by atoms with Crippen LogP contribution in [-0.2, 0) is 4.79 Å². The molecule has 0 spiro atoms. The van der Waals surface area contributed by atoms with Crippen molar-refractivity contribution < 1.29 is 13.9 Å². The number of likely N-dealkylation sites (N-methyl/N-ethyl adjacent to an activating group) is 1. The molecular weight excluding hydrogens is 293 g/mol. The molecule has 0 radical (unpaired) electrons. The lowest BCUT2D eigenvalue weighted by Gasteiger charge is -2.25. The number of carbonyl (C=O) groups is 1. The molecule has 0 aliphatic carbocycles. The van der Waals surface area contributed by atoms with Gasteiger partial charge in [0.1, 0.15) is 11.6 Å². The van der Waals surface area contributed by atoms with Crippen LogP contribution in [0.1, 0.15) is 24.1 Å². The maximum Gasteiger partial charge on any atom is 0.246 e. The minimum Gasteiger partial charge on any atom is -0.496 e. The van der Waals surface area contributed by atoms with Crippen LogP contribution in [0.5, 0.6) is 5.75 Å². The highest BCUT2D eigenvalue weighted by Crippen LogP contribution is 2.28. The minimum absolute atomic E-state index is 0.128. The summed E-state index contributed by atoms with van der Waals surface area (Å²) in [6.07, 6.45) is 3.16. The molecular formula is C19H20FNO2. The third-order valence-corrected chi connectivity index (χ3v) is 3.81. The molecule has 120 valence electrons. The zero-order chi connectivity index (χ0) is 16.8. The van der Waals surface area contributed by atoms with Crippen molar-refractivity contribution in [2.45, 2.75) is 13.0 Å². The Morgan fingerprint density at radius 3 is 2.48 bits per heavy atom. The van der Waals surface area contributed by atoms with Gasteiger partial charge in [0.25, 0.3) is 0 Å². The molecule has 0 heterocycles. The van der Waals surface area contributed by atoms with Crippen molar-refractivity contribution in [2.75, 3.05) is 14.2 Å². The van der Waals surface area contributed by atoms with Gasteiger partial charge in [-0.15, -0.1) is 0 Å². The number of nitrogens with zero attached hydrogens (tertiary/aromatic N) is 1. The Labute approximate surface area is 136 Å². The van der Waals surface area contributed by atoms with Crippen LogP contribution >= 0.6 is 0 Å². The molecule has 2 aromatic rings. The first-order chi connectivity index (χ1) is 11.0. The van der Waals surface area contributed by atoms with Crippen LogP contribution in [0, 0.1) is 5.82 Å². The maximum atomic E-state index is 12.9. The highest BCUT2D eigenvalue weighted by Gasteiger charge is 2.18. The van der Waals surface area contributed by atoms with Crippen molar-refractivity contribution in [3.05, 3.63) is 71.6 Å². The van der Waals surface area contributed by atoms with E-state index in [-0.39, 0.29) is 17.8 Å². The van der Waals surface area contributed by atoms with Crippen molar-refractivity contribution in [1.82, 2.24) is 4.90 Å². The van der Waals surface area contributed by atoms with Crippen molar-refractivity contribution in [3.63, 3.8) is 0 Å². The lowest BCUT2D eigenvalue weighted by atomic mass is 10.1. The van der Waals surface area contributed by atoms with Gasteiger partial charge in [-0.3, -0.25) is 4.79 Å². The van der Waals surface area contributed by atoms with Gasteiger partial charge in [0, 0.05) is 18.7 Å². The van der Waals surface area contributed by atoms with E-state index in [0.717, 1.165) is 16.9 Å². The molecule has 0 aliphatic heterocycles. The lowest BCUT2D eigenvalue weighted by Crippen LogP contribution is -2.28. The summed E-state index contributed by atoms with van der Waals surface area (Å²) in [4.78, 5) is 14.0. The number of para-hydroxylation sites is 1. The Kier molecular flexibility index (Phi) is 5.52. The average molecular weight is 313 g/mol. The SMILES string of the molecule is COc1ccccc1[C@H](C)N(C)C(=O)/C=C/c1ccc(F)cc1. The summed E-state index contributed by atoms with van der Waals surface area (Å²) >= 11 is 0. The average Bonchev–Trinajstić information content (AvgIpc) is 2.59. The third-order valence-electron chi connectivity index (χ3n) is 3.81. The van der Waals surface area contributed by atoms with E-state index in [2.05, 4.69) is 0 Å². The Bertz CT molecular complexity index is 695. The van der Waals surface area contributed by atoms with Gasteiger partial charge in [0.05, 0.1) is 13.2 Å². The Morgan fingerprint density at radius 2 is 1.83 bits per heavy atom. The fourth-order valence-electron chi connectivity index (χ4n) is 2.27. The second kappa shape index (κ2) is 7.58. The zero-order valence-electron chi connectivity index (χ0n) is 13.5. The molecule has 23 heavy (non-hydrogen) atoms. The van der Waals surface area contributed by atoms with Crippen LogP contribution in [-0.4, -0.2) is 25.0 Å². The summed E-state index contributed by atoms with van der Waals surface area (Å²) in [6.45, 7) is 1.95. The van der Waals surface area contributed by atoms with Gasteiger partial charge < -0.3 is 9.64 Å². The molecule has 0 aliphatic rings. The van der Waals surface area contributed by atoms with E-state index in [1.807, 2.05) is 31.2 Å². The van der Waals surface area contributed by atoms with Crippen LogP contribution in [0.15, 0.2) is 54.6 Å². The van der Waals surface area contributed by atoms with Gasteiger partial charge in [-0.25, -0.2) is 4.39 Å². The van der Waals surface area contributed by atoms with E-state index in [9.17, 15) is 9.18 Å². The zero-order valence-corrected chi connectivity index (χ0v) is 13.5. The van der Waals surface area contributed by atoms with Crippen molar-refractivity contribution in [2.24, 2.45) is 0 Å². The first-order valence-corrected chi connectivity index (χ1v) is 7.36. The maximum absolute atomic E-state index is 12.9. The predicted molar refractivity (Wildman–Crippen MR) is 89.6 cm³/mol. The molecule has 0 bridgehead atoms. The molecule has 0 N–H and O–H groups in total. The summed E-state index contributed by atoms with van der Waals surface area (Å²) in [5.74, 6) is 0.324. The number of hydrogen-bond acceptors (Lipinski definition) is 2. The smallest absolute Gasteiger partial charge is 0.246 e. The van der Waals surface area contributed by atoms with Crippen molar-refractivity contribution >= 4 is 12.0 Å². The molecule has 4 heteroatoms. The monoisotopic (exact) mass is 313 g/mol. The number of methoxy groups -OCH3 is 1. The quantitative estimate of drug-likeness (QED) is 0.779. The number of ether oxygens (including phenoxy) is 1.